The lowest BCUT2D eigenvalue weighted by molar-refractivity contribution is 0.0696. The molecule has 0 spiro atoms. The number of hydrogen-bond donors (Lipinski definition) is 1. The number of nitrogens with zero attached hydrogens (tertiary/aromatic N) is 2. The summed E-state index contributed by atoms with van der Waals surface area (Å²) in [7, 11) is 1.63. The summed E-state index contributed by atoms with van der Waals surface area (Å²) in [6.07, 6.45) is 0. The summed E-state index contributed by atoms with van der Waals surface area (Å²) in [4.78, 5) is 17.8. The Morgan fingerprint density at radius 1 is 1.47 bits per heavy atom. The van der Waals surface area contributed by atoms with Crippen LogP contribution in [0.1, 0.15) is 35.5 Å². The van der Waals surface area contributed by atoms with Gasteiger partial charge in [0.1, 0.15) is 11.4 Å². The molecule has 1 aromatic rings. The second-order valence-corrected chi connectivity index (χ2v) is 4.86. The monoisotopic (exact) mass is 266 g/mol. The van der Waals surface area contributed by atoms with Crippen LogP contribution in [0.15, 0.2) is 6.07 Å². The van der Waals surface area contributed by atoms with Crippen LogP contribution < -0.4 is 4.90 Å². The Kier molecular flexibility index (Phi) is 5.30. The molecule has 0 aliphatic carbocycles. The number of carbonyl (C=O) groups is 1. The first-order chi connectivity index (χ1) is 8.88. The molecule has 0 radical (unpaired) electrons. The highest BCUT2D eigenvalue weighted by Crippen LogP contribution is 2.24. The number of pyridine rings is 1. The van der Waals surface area contributed by atoms with Gasteiger partial charge in [0.2, 0.25) is 0 Å². The van der Waals surface area contributed by atoms with Crippen LogP contribution >= 0.6 is 0 Å². The largest absolute Gasteiger partial charge is 0.478 e. The fourth-order valence-corrected chi connectivity index (χ4v) is 2.09. The number of carboxylic acid groups (broad SMARTS) is 1. The van der Waals surface area contributed by atoms with Crippen LogP contribution in [0.25, 0.3) is 0 Å². The van der Waals surface area contributed by atoms with Crippen molar-refractivity contribution in [2.45, 2.75) is 33.7 Å². The molecule has 0 atom stereocenters. The van der Waals surface area contributed by atoms with Crippen LogP contribution in [-0.2, 0) is 4.74 Å². The maximum Gasteiger partial charge on any atom is 0.339 e. The number of methoxy groups -OCH3 is 1. The highest BCUT2D eigenvalue weighted by molar-refractivity contribution is 5.95. The van der Waals surface area contributed by atoms with Crippen molar-refractivity contribution >= 4 is 11.8 Å². The maximum atomic E-state index is 11.5. The molecule has 0 aliphatic heterocycles. The number of carboxylic acids is 1. The van der Waals surface area contributed by atoms with Crippen molar-refractivity contribution < 1.29 is 14.6 Å². The van der Waals surface area contributed by atoms with Gasteiger partial charge < -0.3 is 14.7 Å². The van der Waals surface area contributed by atoms with Crippen LogP contribution in [0, 0.1) is 13.8 Å². The van der Waals surface area contributed by atoms with E-state index in [1.807, 2.05) is 25.7 Å². The molecule has 0 bridgehead atoms. The van der Waals surface area contributed by atoms with Gasteiger partial charge in [-0.3, -0.25) is 0 Å². The van der Waals surface area contributed by atoms with Gasteiger partial charge >= 0.3 is 5.97 Å². The van der Waals surface area contributed by atoms with Crippen molar-refractivity contribution in [3.05, 3.63) is 22.9 Å². The third-order valence-corrected chi connectivity index (χ3v) is 2.97. The van der Waals surface area contributed by atoms with E-state index in [-0.39, 0.29) is 11.6 Å². The summed E-state index contributed by atoms with van der Waals surface area (Å²) in [5, 5.41) is 9.40. The van der Waals surface area contributed by atoms with Crippen LogP contribution in [-0.4, -0.2) is 42.4 Å². The molecule has 0 amide bonds. The number of anilines is 1. The second-order valence-electron chi connectivity index (χ2n) is 4.86. The van der Waals surface area contributed by atoms with Gasteiger partial charge in [-0.05, 0) is 39.3 Å². The minimum Gasteiger partial charge on any atom is -0.478 e. The molecule has 0 fully saturated rings. The number of aromatic nitrogens is 1. The molecule has 5 nitrogen and oxygen atoms in total. The summed E-state index contributed by atoms with van der Waals surface area (Å²) < 4.78 is 5.09. The third kappa shape index (κ3) is 3.67. The van der Waals surface area contributed by atoms with Gasteiger partial charge in [-0.1, -0.05) is 0 Å². The number of hydrogen-bond acceptors (Lipinski definition) is 4. The van der Waals surface area contributed by atoms with E-state index >= 15 is 0 Å². The standard InChI is InChI=1S/C14H22N2O3/c1-9(2)16(6-7-19-5)13-12(14(17)18)10(3)8-11(4)15-13/h8-9H,6-7H2,1-5H3,(H,17,18). The van der Waals surface area contributed by atoms with E-state index in [1.54, 1.807) is 20.1 Å². The molecule has 1 aromatic heterocycles. The zero-order valence-corrected chi connectivity index (χ0v) is 12.2. The zero-order chi connectivity index (χ0) is 14.6. The Balaban J connectivity index is 3.31. The van der Waals surface area contributed by atoms with E-state index in [9.17, 15) is 9.90 Å². The third-order valence-electron chi connectivity index (χ3n) is 2.97. The summed E-state index contributed by atoms with van der Waals surface area (Å²) in [6.45, 7) is 8.85. The first-order valence-electron chi connectivity index (χ1n) is 6.35. The van der Waals surface area contributed by atoms with Crippen LogP contribution in [0.2, 0.25) is 0 Å². The lowest BCUT2D eigenvalue weighted by Crippen LogP contribution is -2.36. The Labute approximate surface area is 114 Å². The summed E-state index contributed by atoms with van der Waals surface area (Å²) in [6, 6.07) is 1.95. The number of ether oxygens (including phenoxy) is 1. The minimum absolute atomic E-state index is 0.155. The molecule has 1 N–H and O–H groups in total. The first kappa shape index (κ1) is 15.4. The van der Waals surface area contributed by atoms with Gasteiger partial charge in [-0.25, -0.2) is 9.78 Å². The average molecular weight is 266 g/mol. The molecule has 19 heavy (non-hydrogen) atoms. The van der Waals surface area contributed by atoms with Crippen LogP contribution in [0.5, 0.6) is 0 Å². The lowest BCUT2D eigenvalue weighted by Gasteiger charge is -2.29. The first-order valence-corrected chi connectivity index (χ1v) is 6.35. The topological polar surface area (TPSA) is 62.7 Å². The Bertz CT molecular complexity index is 458. The molecule has 106 valence electrons. The summed E-state index contributed by atoms with van der Waals surface area (Å²) >= 11 is 0. The highest BCUT2D eigenvalue weighted by atomic mass is 16.5. The smallest absolute Gasteiger partial charge is 0.339 e. The second kappa shape index (κ2) is 6.52. The molecular weight excluding hydrogens is 244 g/mol. The van der Waals surface area contributed by atoms with Crippen molar-refractivity contribution in [1.82, 2.24) is 4.98 Å². The lowest BCUT2D eigenvalue weighted by atomic mass is 10.1. The Morgan fingerprint density at radius 2 is 2.11 bits per heavy atom. The maximum absolute atomic E-state index is 11.5. The van der Waals surface area contributed by atoms with Gasteiger partial charge in [0.15, 0.2) is 0 Å². The molecule has 0 saturated heterocycles. The van der Waals surface area contributed by atoms with Crippen LogP contribution in [0.3, 0.4) is 0 Å². The number of aryl methyl sites for hydroxylation is 2. The summed E-state index contributed by atoms with van der Waals surface area (Å²) in [5.41, 5.74) is 1.83. The predicted octanol–water partition coefficient (Wildman–Crippen LogP) is 2.26. The van der Waals surface area contributed by atoms with Crippen LogP contribution in [0.4, 0.5) is 5.82 Å². The van der Waals surface area contributed by atoms with Gasteiger partial charge in [0, 0.05) is 25.4 Å². The number of aromatic carboxylic acids is 1. The van der Waals surface area contributed by atoms with E-state index in [4.69, 9.17) is 4.74 Å². The quantitative estimate of drug-likeness (QED) is 0.855. The van der Waals surface area contributed by atoms with E-state index < -0.39 is 5.97 Å². The van der Waals surface area contributed by atoms with Crippen molar-refractivity contribution in [2.75, 3.05) is 25.2 Å². The van der Waals surface area contributed by atoms with E-state index in [1.165, 1.54) is 0 Å². The van der Waals surface area contributed by atoms with Crippen molar-refractivity contribution in [2.24, 2.45) is 0 Å². The molecule has 1 heterocycles. The molecule has 0 aromatic carbocycles. The highest BCUT2D eigenvalue weighted by Gasteiger charge is 2.22. The fourth-order valence-electron chi connectivity index (χ4n) is 2.09. The zero-order valence-electron chi connectivity index (χ0n) is 12.2. The SMILES string of the molecule is COCCN(c1nc(C)cc(C)c1C(=O)O)C(C)C. The van der Waals surface area contributed by atoms with E-state index in [2.05, 4.69) is 4.98 Å². The molecule has 1 rings (SSSR count). The van der Waals surface area contributed by atoms with E-state index in [0.717, 1.165) is 11.3 Å². The van der Waals surface area contributed by atoms with Gasteiger partial charge in [0.05, 0.1) is 6.61 Å². The van der Waals surface area contributed by atoms with Crippen molar-refractivity contribution in [1.29, 1.82) is 0 Å². The van der Waals surface area contributed by atoms with Gasteiger partial charge in [-0.15, -0.1) is 0 Å². The molecule has 0 saturated carbocycles. The Hall–Kier alpha value is -1.62. The number of rotatable bonds is 6. The molecule has 0 unspecified atom stereocenters. The molecule has 0 aliphatic rings. The van der Waals surface area contributed by atoms with Crippen molar-refractivity contribution in [3.63, 3.8) is 0 Å². The summed E-state index contributed by atoms with van der Waals surface area (Å²) in [5.74, 6) is -0.417. The van der Waals surface area contributed by atoms with Gasteiger partial charge in [-0.2, -0.15) is 0 Å². The fraction of sp³-hybridized carbons (Fsp3) is 0.571. The van der Waals surface area contributed by atoms with Crippen molar-refractivity contribution in [3.8, 4) is 0 Å². The average Bonchev–Trinajstić information content (AvgIpc) is 2.27. The minimum atomic E-state index is -0.942. The Morgan fingerprint density at radius 3 is 2.58 bits per heavy atom. The normalized spacial score (nSPS) is 10.8. The molecule has 5 heteroatoms. The van der Waals surface area contributed by atoms with E-state index in [0.29, 0.717) is 19.0 Å². The predicted molar refractivity (Wildman–Crippen MR) is 75.0 cm³/mol. The van der Waals surface area contributed by atoms with Gasteiger partial charge in [0.25, 0.3) is 0 Å². The molecular formula is C14H22N2O3.